The molecule has 2 heterocycles. The van der Waals surface area contributed by atoms with Gasteiger partial charge in [-0.25, -0.2) is 4.98 Å². The topological polar surface area (TPSA) is 42.1 Å². The third kappa shape index (κ3) is 2.24. The Bertz CT molecular complexity index is 658. The van der Waals surface area contributed by atoms with Crippen LogP contribution < -0.4 is 10.6 Å². The van der Waals surface area contributed by atoms with E-state index in [1.807, 2.05) is 30.3 Å². The molecule has 1 saturated heterocycles. The van der Waals surface area contributed by atoms with Crippen molar-refractivity contribution >= 4 is 33.9 Å². The molecule has 0 spiro atoms. The molecule has 1 fully saturated rings. The van der Waals surface area contributed by atoms with Gasteiger partial charge in [0.1, 0.15) is 10.8 Å². The van der Waals surface area contributed by atoms with Crippen molar-refractivity contribution in [1.29, 1.82) is 0 Å². The predicted molar refractivity (Wildman–Crippen MR) is 88.2 cm³/mol. The van der Waals surface area contributed by atoms with E-state index in [0.29, 0.717) is 16.8 Å². The lowest BCUT2D eigenvalue weighted by Crippen LogP contribution is -2.22. The molecule has 3 nitrogen and oxygen atoms in total. The van der Waals surface area contributed by atoms with Gasteiger partial charge in [-0.2, -0.15) is 0 Å². The molecule has 2 N–H and O–H groups in total. The van der Waals surface area contributed by atoms with Gasteiger partial charge in [0.15, 0.2) is 0 Å². The van der Waals surface area contributed by atoms with Crippen molar-refractivity contribution < 1.29 is 0 Å². The van der Waals surface area contributed by atoms with Crippen molar-refractivity contribution in [2.24, 2.45) is 17.6 Å². The lowest BCUT2D eigenvalue weighted by molar-refractivity contribution is 0.494. The summed E-state index contributed by atoms with van der Waals surface area (Å²) < 4.78 is 0. The first-order chi connectivity index (χ1) is 9.56. The third-order valence-corrected chi connectivity index (χ3v) is 4.50. The van der Waals surface area contributed by atoms with E-state index in [0.717, 1.165) is 35.4 Å². The second-order valence-electron chi connectivity index (χ2n) is 5.77. The zero-order valence-electron chi connectivity index (χ0n) is 11.8. The summed E-state index contributed by atoms with van der Waals surface area (Å²) in [5.41, 5.74) is 7.77. The highest BCUT2D eigenvalue weighted by Gasteiger charge is 2.27. The zero-order chi connectivity index (χ0) is 14.3. The van der Waals surface area contributed by atoms with Gasteiger partial charge in [0, 0.05) is 24.0 Å². The Kier molecular flexibility index (Phi) is 3.34. The predicted octanol–water partition coefficient (Wildman–Crippen LogP) is 2.96. The number of thiocarbonyl (C=S) groups is 1. The van der Waals surface area contributed by atoms with Crippen LogP contribution in [0.1, 0.15) is 19.4 Å². The summed E-state index contributed by atoms with van der Waals surface area (Å²) in [5, 5.41) is 1.03. The van der Waals surface area contributed by atoms with Crippen molar-refractivity contribution in [3.05, 3.63) is 35.9 Å². The highest BCUT2D eigenvalue weighted by molar-refractivity contribution is 7.80. The fourth-order valence-electron chi connectivity index (χ4n) is 2.84. The molecule has 104 valence electrons. The smallest absolute Gasteiger partial charge is 0.129 e. The van der Waals surface area contributed by atoms with Crippen molar-refractivity contribution in [3.8, 4) is 0 Å². The van der Waals surface area contributed by atoms with Crippen LogP contribution in [0.3, 0.4) is 0 Å². The first kappa shape index (κ1) is 13.3. The minimum absolute atomic E-state index is 0.435. The molecule has 0 radical (unpaired) electrons. The van der Waals surface area contributed by atoms with Crippen molar-refractivity contribution in [2.75, 3.05) is 18.0 Å². The number of hydrogen-bond acceptors (Lipinski definition) is 3. The summed E-state index contributed by atoms with van der Waals surface area (Å²) in [7, 11) is 0. The molecule has 4 heteroatoms. The van der Waals surface area contributed by atoms with Crippen LogP contribution in [0.5, 0.6) is 0 Å². The number of hydrogen-bond donors (Lipinski definition) is 1. The van der Waals surface area contributed by atoms with Crippen molar-refractivity contribution in [3.63, 3.8) is 0 Å². The Morgan fingerprint density at radius 3 is 2.55 bits per heavy atom. The number of nitrogens with zero attached hydrogens (tertiary/aromatic N) is 2. The Hall–Kier alpha value is -1.68. The molecule has 20 heavy (non-hydrogen) atoms. The molecular formula is C16H19N3S. The monoisotopic (exact) mass is 285 g/mol. The third-order valence-electron chi connectivity index (χ3n) is 4.28. The zero-order valence-corrected chi connectivity index (χ0v) is 12.7. The largest absolute Gasteiger partial charge is 0.389 e. The average Bonchev–Trinajstić information content (AvgIpc) is 2.77. The number of fused-ring (bicyclic) bond motifs is 1. The molecule has 1 aliphatic rings. The van der Waals surface area contributed by atoms with Gasteiger partial charge in [-0.3, -0.25) is 0 Å². The standard InChI is InChI=1S/C16H19N3S/c1-10-8-19(9-11(10)2)15-7-13(16(17)20)12-5-3-4-6-14(12)18-15/h3-7,10-11H,8-9H2,1-2H3,(H2,17,20). The average molecular weight is 285 g/mol. The number of benzene rings is 1. The molecule has 1 aliphatic heterocycles. The Labute approximate surface area is 124 Å². The quantitative estimate of drug-likeness (QED) is 0.861. The van der Waals surface area contributed by atoms with E-state index < -0.39 is 0 Å². The number of anilines is 1. The number of pyridine rings is 1. The molecule has 0 bridgehead atoms. The van der Waals surface area contributed by atoms with Gasteiger partial charge in [0.05, 0.1) is 5.52 Å². The molecule has 1 aromatic heterocycles. The van der Waals surface area contributed by atoms with E-state index in [1.54, 1.807) is 0 Å². The van der Waals surface area contributed by atoms with Gasteiger partial charge in [-0.05, 0) is 24.0 Å². The van der Waals surface area contributed by atoms with Gasteiger partial charge in [0.25, 0.3) is 0 Å². The number of aromatic nitrogens is 1. The summed E-state index contributed by atoms with van der Waals surface area (Å²) in [6.45, 7) is 6.67. The van der Waals surface area contributed by atoms with E-state index in [-0.39, 0.29) is 0 Å². The molecule has 0 saturated carbocycles. The number of nitrogens with two attached hydrogens (primary N) is 1. The van der Waals surface area contributed by atoms with E-state index >= 15 is 0 Å². The van der Waals surface area contributed by atoms with Gasteiger partial charge in [-0.1, -0.05) is 44.3 Å². The van der Waals surface area contributed by atoms with E-state index in [9.17, 15) is 0 Å². The second kappa shape index (κ2) is 5.02. The van der Waals surface area contributed by atoms with Crippen molar-refractivity contribution in [1.82, 2.24) is 4.98 Å². The van der Waals surface area contributed by atoms with Crippen LogP contribution in [0.25, 0.3) is 10.9 Å². The Balaban J connectivity index is 2.11. The van der Waals surface area contributed by atoms with Crippen LogP contribution in [0.15, 0.2) is 30.3 Å². The van der Waals surface area contributed by atoms with Gasteiger partial charge >= 0.3 is 0 Å². The lowest BCUT2D eigenvalue weighted by atomic mass is 10.0. The van der Waals surface area contributed by atoms with Crippen molar-refractivity contribution in [2.45, 2.75) is 13.8 Å². The first-order valence-corrected chi connectivity index (χ1v) is 7.41. The summed E-state index contributed by atoms with van der Waals surface area (Å²) >= 11 is 5.20. The summed E-state index contributed by atoms with van der Waals surface area (Å²) in [6, 6.07) is 10.1. The second-order valence-corrected chi connectivity index (χ2v) is 6.21. The van der Waals surface area contributed by atoms with Crippen LogP contribution in [0.2, 0.25) is 0 Å². The molecule has 3 rings (SSSR count). The maximum atomic E-state index is 5.89. The number of rotatable bonds is 2. The highest BCUT2D eigenvalue weighted by Crippen LogP contribution is 2.29. The highest BCUT2D eigenvalue weighted by atomic mass is 32.1. The fourth-order valence-corrected chi connectivity index (χ4v) is 3.01. The van der Waals surface area contributed by atoms with Crippen LogP contribution in [-0.2, 0) is 0 Å². The van der Waals surface area contributed by atoms with Crippen LogP contribution in [-0.4, -0.2) is 23.1 Å². The number of para-hydroxylation sites is 1. The maximum absolute atomic E-state index is 5.89. The fraction of sp³-hybridized carbons (Fsp3) is 0.375. The Morgan fingerprint density at radius 2 is 1.90 bits per heavy atom. The molecule has 2 unspecified atom stereocenters. The molecule has 0 aliphatic carbocycles. The summed E-state index contributed by atoms with van der Waals surface area (Å²) in [5.74, 6) is 2.37. The molecule has 0 amide bonds. The summed E-state index contributed by atoms with van der Waals surface area (Å²) in [4.78, 5) is 7.55. The van der Waals surface area contributed by atoms with Crippen LogP contribution in [0, 0.1) is 11.8 Å². The lowest BCUT2D eigenvalue weighted by Gasteiger charge is -2.19. The van der Waals surface area contributed by atoms with E-state index in [1.165, 1.54) is 0 Å². The van der Waals surface area contributed by atoms with E-state index in [4.69, 9.17) is 22.9 Å². The molecule has 2 atom stereocenters. The maximum Gasteiger partial charge on any atom is 0.129 e. The van der Waals surface area contributed by atoms with Crippen LogP contribution >= 0.6 is 12.2 Å². The molecule has 2 aromatic rings. The van der Waals surface area contributed by atoms with E-state index in [2.05, 4.69) is 18.7 Å². The van der Waals surface area contributed by atoms with Gasteiger partial charge in [-0.15, -0.1) is 0 Å². The minimum atomic E-state index is 0.435. The van der Waals surface area contributed by atoms with Crippen LogP contribution in [0.4, 0.5) is 5.82 Å². The normalized spacial score (nSPS) is 22.4. The Morgan fingerprint density at radius 1 is 1.25 bits per heavy atom. The minimum Gasteiger partial charge on any atom is -0.389 e. The molecular weight excluding hydrogens is 266 g/mol. The van der Waals surface area contributed by atoms with Gasteiger partial charge in [0.2, 0.25) is 0 Å². The first-order valence-electron chi connectivity index (χ1n) is 7.01. The van der Waals surface area contributed by atoms with Gasteiger partial charge < -0.3 is 10.6 Å². The SMILES string of the molecule is CC1CN(c2cc(C(N)=S)c3ccccc3n2)CC1C. The summed E-state index contributed by atoms with van der Waals surface area (Å²) in [6.07, 6.45) is 0. The molecule has 1 aromatic carbocycles.